The molecule has 3 N–H and O–H groups in total. The highest BCUT2D eigenvalue weighted by atomic mass is 79.9. The lowest BCUT2D eigenvalue weighted by atomic mass is 10.2. The summed E-state index contributed by atoms with van der Waals surface area (Å²) in [5.74, 6) is 2.16. The Bertz CT molecular complexity index is 400. The van der Waals surface area contributed by atoms with Crippen molar-refractivity contribution in [2.75, 3.05) is 17.2 Å². The van der Waals surface area contributed by atoms with Crippen molar-refractivity contribution >= 4 is 39.4 Å². The van der Waals surface area contributed by atoms with Crippen LogP contribution < -0.4 is 11.1 Å². The fourth-order valence-corrected chi connectivity index (χ4v) is 2.34. The molecule has 1 aromatic heterocycles. The number of rotatable bonds is 5. The van der Waals surface area contributed by atoms with E-state index in [1.807, 2.05) is 6.92 Å². The van der Waals surface area contributed by atoms with Gasteiger partial charge in [0.05, 0.1) is 5.56 Å². The van der Waals surface area contributed by atoms with Crippen LogP contribution in [-0.4, -0.2) is 28.4 Å². The SMILES string of the molecule is CCSCC(C)NC(=O)c1cc(N)ncc1Br. The molecule has 1 rings (SSSR count). The first kappa shape index (κ1) is 14.3. The van der Waals surface area contributed by atoms with Gasteiger partial charge in [-0.2, -0.15) is 11.8 Å². The lowest BCUT2D eigenvalue weighted by molar-refractivity contribution is 0.0943. The molecule has 1 amide bonds. The van der Waals surface area contributed by atoms with Crippen LogP contribution in [0.25, 0.3) is 0 Å². The molecular weight excluding hydrogens is 302 g/mol. The third-order valence-corrected chi connectivity index (χ3v) is 3.85. The van der Waals surface area contributed by atoms with Crippen LogP contribution >= 0.6 is 27.7 Å². The molecule has 1 atom stereocenters. The highest BCUT2D eigenvalue weighted by Crippen LogP contribution is 2.17. The summed E-state index contributed by atoms with van der Waals surface area (Å²) in [6.07, 6.45) is 1.54. The van der Waals surface area contributed by atoms with Crippen molar-refractivity contribution in [1.82, 2.24) is 10.3 Å². The lowest BCUT2D eigenvalue weighted by Crippen LogP contribution is -2.34. The minimum absolute atomic E-state index is 0.129. The first-order chi connectivity index (χ1) is 8.04. The largest absolute Gasteiger partial charge is 0.384 e. The van der Waals surface area contributed by atoms with Gasteiger partial charge in [-0.3, -0.25) is 4.79 Å². The van der Waals surface area contributed by atoms with E-state index in [-0.39, 0.29) is 11.9 Å². The predicted octanol–water partition coefficient (Wildman–Crippen LogP) is 2.30. The van der Waals surface area contributed by atoms with Crippen LogP contribution in [0.2, 0.25) is 0 Å². The van der Waals surface area contributed by atoms with Crippen molar-refractivity contribution in [2.45, 2.75) is 19.9 Å². The molecule has 94 valence electrons. The van der Waals surface area contributed by atoms with E-state index in [2.05, 4.69) is 33.2 Å². The van der Waals surface area contributed by atoms with E-state index >= 15 is 0 Å². The molecule has 1 heterocycles. The van der Waals surface area contributed by atoms with Gasteiger partial charge in [-0.15, -0.1) is 0 Å². The number of halogens is 1. The molecule has 1 unspecified atom stereocenters. The van der Waals surface area contributed by atoms with Gasteiger partial charge in [-0.05, 0) is 34.7 Å². The highest BCUT2D eigenvalue weighted by molar-refractivity contribution is 9.10. The molecule has 0 aliphatic carbocycles. The second kappa shape index (κ2) is 6.86. The molecule has 0 radical (unpaired) electrons. The zero-order valence-corrected chi connectivity index (χ0v) is 12.3. The Balaban J connectivity index is 2.66. The van der Waals surface area contributed by atoms with Gasteiger partial charge in [-0.1, -0.05) is 6.92 Å². The summed E-state index contributed by atoms with van der Waals surface area (Å²) in [7, 11) is 0. The minimum Gasteiger partial charge on any atom is -0.384 e. The quantitative estimate of drug-likeness (QED) is 0.874. The number of nitrogen functional groups attached to an aromatic ring is 1. The Kier molecular flexibility index (Phi) is 5.77. The number of amides is 1. The molecular formula is C11H16BrN3OS. The average molecular weight is 318 g/mol. The van der Waals surface area contributed by atoms with Crippen molar-refractivity contribution in [2.24, 2.45) is 0 Å². The number of aromatic nitrogens is 1. The second-order valence-corrected chi connectivity index (χ2v) is 5.80. The Morgan fingerprint density at radius 1 is 1.71 bits per heavy atom. The van der Waals surface area contributed by atoms with Crippen LogP contribution in [0.4, 0.5) is 5.82 Å². The average Bonchev–Trinajstić information content (AvgIpc) is 2.29. The summed E-state index contributed by atoms with van der Waals surface area (Å²) in [6, 6.07) is 1.70. The van der Waals surface area contributed by atoms with E-state index in [4.69, 9.17) is 5.73 Å². The minimum atomic E-state index is -0.129. The van der Waals surface area contributed by atoms with E-state index in [1.54, 1.807) is 17.8 Å². The van der Waals surface area contributed by atoms with E-state index in [9.17, 15) is 4.79 Å². The number of nitrogens with two attached hydrogens (primary N) is 1. The predicted molar refractivity (Wildman–Crippen MR) is 76.3 cm³/mol. The van der Waals surface area contributed by atoms with Crippen molar-refractivity contribution < 1.29 is 4.79 Å². The number of nitrogens with one attached hydrogen (secondary N) is 1. The number of hydrogen-bond acceptors (Lipinski definition) is 4. The van der Waals surface area contributed by atoms with Gasteiger partial charge in [0.1, 0.15) is 5.82 Å². The number of hydrogen-bond donors (Lipinski definition) is 2. The highest BCUT2D eigenvalue weighted by Gasteiger charge is 2.13. The van der Waals surface area contributed by atoms with Crippen molar-refractivity contribution in [3.05, 3.63) is 22.3 Å². The van der Waals surface area contributed by atoms with Crippen LogP contribution in [0.15, 0.2) is 16.7 Å². The van der Waals surface area contributed by atoms with Crippen molar-refractivity contribution in [3.8, 4) is 0 Å². The Labute approximate surface area is 114 Å². The maximum absolute atomic E-state index is 12.0. The third kappa shape index (κ3) is 4.55. The molecule has 0 aliphatic heterocycles. The Morgan fingerprint density at radius 2 is 2.41 bits per heavy atom. The topological polar surface area (TPSA) is 68.0 Å². The fourth-order valence-electron chi connectivity index (χ4n) is 1.27. The van der Waals surface area contributed by atoms with Gasteiger partial charge in [0.25, 0.3) is 5.91 Å². The van der Waals surface area contributed by atoms with Crippen molar-refractivity contribution in [3.63, 3.8) is 0 Å². The van der Waals surface area contributed by atoms with Gasteiger partial charge in [0.15, 0.2) is 0 Å². The summed E-state index contributed by atoms with van der Waals surface area (Å²) in [5.41, 5.74) is 6.08. The summed E-state index contributed by atoms with van der Waals surface area (Å²) in [4.78, 5) is 15.9. The standard InChI is InChI=1S/C11H16BrN3OS/c1-3-17-6-7(2)15-11(16)8-4-10(13)14-5-9(8)12/h4-5,7H,3,6H2,1-2H3,(H2,13,14)(H,15,16). The smallest absolute Gasteiger partial charge is 0.252 e. The number of anilines is 1. The first-order valence-electron chi connectivity index (χ1n) is 5.34. The zero-order chi connectivity index (χ0) is 12.8. The van der Waals surface area contributed by atoms with Gasteiger partial charge in [-0.25, -0.2) is 4.98 Å². The van der Waals surface area contributed by atoms with E-state index in [0.717, 1.165) is 11.5 Å². The van der Waals surface area contributed by atoms with Crippen LogP contribution in [-0.2, 0) is 0 Å². The maximum Gasteiger partial charge on any atom is 0.252 e. The van der Waals surface area contributed by atoms with Crippen LogP contribution in [0.3, 0.4) is 0 Å². The van der Waals surface area contributed by atoms with Crippen LogP contribution in [0, 0.1) is 0 Å². The monoisotopic (exact) mass is 317 g/mol. The van der Waals surface area contributed by atoms with Gasteiger partial charge >= 0.3 is 0 Å². The van der Waals surface area contributed by atoms with E-state index in [0.29, 0.717) is 15.9 Å². The van der Waals surface area contributed by atoms with Gasteiger partial charge in [0, 0.05) is 22.5 Å². The Morgan fingerprint density at radius 3 is 3.06 bits per heavy atom. The summed E-state index contributed by atoms with van der Waals surface area (Å²) >= 11 is 5.09. The number of thioether (sulfide) groups is 1. The molecule has 1 aromatic rings. The number of pyridine rings is 1. The molecule has 6 heteroatoms. The molecule has 0 bridgehead atoms. The normalized spacial score (nSPS) is 12.2. The molecule has 4 nitrogen and oxygen atoms in total. The summed E-state index contributed by atoms with van der Waals surface area (Å²) in [6.45, 7) is 4.08. The van der Waals surface area contributed by atoms with E-state index in [1.165, 1.54) is 6.20 Å². The van der Waals surface area contributed by atoms with E-state index < -0.39 is 0 Å². The fraction of sp³-hybridized carbons (Fsp3) is 0.455. The number of carbonyl (C=O) groups is 1. The number of carbonyl (C=O) groups excluding carboxylic acids is 1. The molecule has 0 aromatic carbocycles. The van der Waals surface area contributed by atoms with Crippen molar-refractivity contribution in [1.29, 1.82) is 0 Å². The molecule has 0 aliphatic rings. The van der Waals surface area contributed by atoms with Crippen LogP contribution in [0.5, 0.6) is 0 Å². The third-order valence-electron chi connectivity index (χ3n) is 2.07. The molecule has 0 spiro atoms. The second-order valence-electron chi connectivity index (χ2n) is 3.62. The van der Waals surface area contributed by atoms with Gasteiger partial charge in [0.2, 0.25) is 0 Å². The first-order valence-corrected chi connectivity index (χ1v) is 7.29. The summed E-state index contributed by atoms with van der Waals surface area (Å²) < 4.78 is 0.652. The van der Waals surface area contributed by atoms with Crippen LogP contribution in [0.1, 0.15) is 24.2 Å². The van der Waals surface area contributed by atoms with Gasteiger partial charge < -0.3 is 11.1 Å². The Hall–Kier alpha value is -0.750. The molecule has 0 saturated carbocycles. The number of nitrogens with zero attached hydrogens (tertiary/aromatic N) is 1. The molecule has 0 fully saturated rings. The zero-order valence-electron chi connectivity index (χ0n) is 9.87. The maximum atomic E-state index is 12.0. The molecule has 0 saturated heterocycles. The molecule has 17 heavy (non-hydrogen) atoms. The lowest BCUT2D eigenvalue weighted by Gasteiger charge is -2.13. The summed E-state index contributed by atoms with van der Waals surface area (Å²) in [5, 5.41) is 2.93.